The van der Waals surface area contributed by atoms with Crippen LogP contribution in [0.4, 0.5) is 17.5 Å². The lowest BCUT2D eigenvalue weighted by Gasteiger charge is -2.13. The molecule has 5 nitrogen and oxygen atoms in total. The number of aromatic nitrogens is 3. The highest BCUT2D eigenvalue weighted by Gasteiger charge is 2.07. The summed E-state index contributed by atoms with van der Waals surface area (Å²) in [6.45, 7) is 9.39. The van der Waals surface area contributed by atoms with Crippen LogP contribution in [0.15, 0.2) is 24.4 Å². The van der Waals surface area contributed by atoms with Crippen LogP contribution in [0.25, 0.3) is 0 Å². The summed E-state index contributed by atoms with van der Waals surface area (Å²) >= 11 is 0. The van der Waals surface area contributed by atoms with Crippen molar-refractivity contribution < 1.29 is 0 Å². The number of hydrogen-bond acceptors (Lipinski definition) is 5. The number of nitrogens with zero attached hydrogens (tertiary/aromatic N) is 3. The van der Waals surface area contributed by atoms with Gasteiger partial charge in [0.2, 0.25) is 5.95 Å². The normalized spacial score (nSPS) is 10.7. The summed E-state index contributed by atoms with van der Waals surface area (Å²) < 4.78 is 0. The summed E-state index contributed by atoms with van der Waals surface area (Å²) in [5, 5.41) is 14.6. The van der Waals surface area contributed by atoms with Gasteiger partial charge in [0.1, 0.15) is 0 Å². The maximum absolute atomic E-state index is 4.46. The van der Waals surface area contributed by atoms with E-state index in [9.17, 15) is 0 Å². The van der Waals surface area contributed by atoms with Crippen LogP contribution in [0.5, 0.6) is 0 Å². The minimum atomic E-state index is 0.521. The van der Waals surface area contributed by atoms with E-state index in [1.807, 2.05) is 0 Å². The Morgan fingerprint density at radius 1 is 1.24 bits per heavy atom. The Hall–Kier alpha value is -2.17. The number of nitrogens with one attached hydrogen (secondary N) is 2. The molecule has 0 atom stereocenters. The zero-order valence-corrected chi connectivity index (χ0v) is 13.1. The minimum Gasteiger partial charge on any atom is -0.368 e. The van der Waals surface area contributed by atoms with Gasteiger partial charge in [-0.3, -0.25) is 0 Å². The van der Waals surface area contributed by atoms with Gasteiger partial charge in [-0.1, -0.05) is 39.0 Å². The van der Waals surface area contributed by atoms with Crippen molar-refractivity contribution >= 4 is 17.5 Å². The SMILES string of the molecule is CCc1cccc(C)c1Nc1nncc(NCC(C)C)n1. The zero-order valence-electron chi connectivity index (χ0n) is 13.1. The molecule has 0 spiro atoms. The van der Waals surface area contributed by atoms with E-state index in [4.69, 9.17) is 0 Å². The monoisotopic (exact) mass is 285 g/mol. The van der Waals surface area contributed by atoms with E-state index in [-0.39, 0.29) is 0 Å². The van der Waals surface area contributed by atoms with Crippen molar-refractivity contribution in [2.75, 3.05) is 17.2 Å². The molecule has 0 unspecified atom stereocenters. The maximum Gasteiger partial charge on any atom is 0.249 e. The molecule has 0 aliphatic heterocycles. The van der Waals surface area contributed by atoms with Crippen LogP contribution in [-0.4, -0.2) is 21.7 Å². The van der Waals surface area contributed by atoms with Crippen molar-refractivity contribution in [1.29, 1.82) is 0 Å². The molecule has 2 N–H and O–H groups in total. The number of para-hydroxylation sites is 1. The molecule has 1 aromatic carbocycles. The third kappa shape index (κ3) is 4.15. The summed E-state index contributed by atoms with van der Waals surface area (Å²) in [7, 11) is 0. The molecule has 0 fully saturated rings. The lowest BCUT2D eigenvalue weighted by Crippen LogP contribution is -2.11. The molecule has 2 rings (SSSR count). The second-order valence-electron chi connectivity index (χ2n) is 5.53. The smallest absolute Gasteiger partial charge is 0.249 e. The first-order chi connectivity index (χ1) is 10.1. The highest BCUT2D eigenvalue weighted by molar-refractivity contribution is 5.63. The van der Waals surface area contributed by atoms with Gasteiger partial charge in [0, 0.05) is 12.2 Å². The van der Waals surface area contributed by atoms with Gasteiger partial charge < -0.3 is 10.6 Å². The number of hydrogen-bond donors (Lipinski definition) is 2. The number of anilines is 3. The topological polar surface area (TPSA) is 62.7 Å². The Morgan fingerprint density at radius 2 is 2.05 bits per heavy atom. The summed E-state index contributed by atoms with van der Waals surface area (Å²) in [5.74, 6) is 1.82. The molecule has 112 valence electrons. The first kappa shape index (κ1) is 15.2. The third-order valence-electron chi connectivity index (χ3n) is 3.23. The lowest BCUT2D eigenvalue weighted by atomic mass is 10.1. The largest absolute Gasteiger partial charge is 0.368 e. The summed E-state index contributed by atoms with van der Waals surface area (Å²) in [6, 6.07) is 6.26. The van der Waals surface area contributed by atoms with Gasteiger partial charge in [-0.2, -0.15) is 10.1 Å². The molecule has 0 saturated heterocycles. The molecule has 1 aromatic heterocycles. The molecular formula is C16H23N5. The van der Waals surface area contributed by atoms with Gasteiger partial charge in [0.05, 0.1) is 6.20 Å². The molecule has 0 aliphatic carbocycles. The van der Waals surface area contributed by atoms with E-state index < -0.39 is 0 Å². The summed E-state index contributed by atoms with van der Waals surface area (Å²) in [5.41, 5.74) is 3.50. The average Bonchev–Trinajstić information content (AvgIpc) is 2.47. The van der Waals surface area contributed by atoms with E-state index >= 15 is 0 Å². The van der Waals surface area contributed by atoms with Crippen LogP contribution < -0.4 is 10.6 Å². The Kier molecular flexibility index (Phi) is 5.09. The number of aryl methyl sites for hydroxylation is 2. The van der Waals surface area contributed by atoms with Crippen LogP contribution in [0.3, 0.4) is 0 Å². The molecular weight excluding hydrogens is 262 g/mol. The lowest BCUT2D eigenvalue weighted by molar-refractivity contribution is 0.686. The number of benzene rings is 1. The van der Waals surface area contributed by atoms with E-state index in [2.05, 4.69) is 71.7 Å². The van der Waals surface area contributed by atoms with Crippen LogP contribution >= 0.6 is 0 Å². The Bertz CT molecular complexity index is 595. The van der Waals surface area contributed by atoms with Crippen LogP contribution in [-0.2, 0) is 6.42 Å². The standard InChI is InChI=1S/C16H23N5/c1-5-13-8-6-7-12(4)15(13)20-16-19-14(10-18-21-16)17-9-11(2)3/h6-8,10-11H,5,9H2,1-4H3,(H2,17,19,20,21). The molecule has 1 heterocycles. The fourth-order valence-electron chi connectivity index (χ4n) is 2.06. The van der Waals surface area contributed by atoms with Gasteiger partial charge in [0.15, 0.2) is 5.82 Å². The average molecular weight is 285 g/mol. The highest BCUT2D eigenvalue weighted by Crippen LogP contribution is 2.23. The van der Waals surface area contributed by atoms with Gasteiger partial charge in [-0.25, -0.2) is 0 Å². The fourth-order valence-corrected chi connectivity index (χ4v) is 2.06. The van der Waals surface area contributed by atoms with Crippen LogP contribution in [0, 0.1) is 12.8 Å². The molecule has 0 aliphatic rings. The van der Waals surface area contributed by atoms with Crippen LogP contribution in [0.2, 0.25) is 0 Å². The highest BCUT2D eigenvalue weighted by atomic mass is 15.3. The molecule has 5 heteroatoms. The van der Waals surface area contributed by atoms with Crippen molar-refractivity contribution in [2.45, 2.75) is 34.1 Å². The first-order valence-corrected chi connectivity index (χ1v) is 7.39. The van der Waals surface area contributed by atoms with E-state index in [0.717, 1.165) is 24.5 Å². The van der Waals surface area contributed by atoms with E-state index in [1.165, 1.54) is 11.1 Å². The number of rotatable bonds is 6. The Morgan fingerprint density at radius 3 is 2.76 bits per heavy atom. The molecule has 21 heavy (non-hydrogen) atoms. The predicted molar refractivity (Wildman–Crippen MR) is 87.0 cm³/mol. The molecule has 0 amide bonds. The molecule has 0 radical (unpaired) electrons. The fraction of sp³-hybridized carbons (Fsp3) is 0.438. The van der Waals surface area contributed by atoms with Gasteiger partial charge >= 0.3 is 0 Å². The molecule has 0 saturated carbocycles. The van der Waals surface area contributed by atoms with Crippen LogP contribution in [0.1, 0.15) is 31.9 Å². The first-order valence-electron chi connectivity index (χ1n) is 7.39. The molecule has 0 bridgehead atoms. The zero-order chi connectivity index (χ0) is 15.2. The second kappa shape index (κ2) is 7.02. The summed E-state index contributed by atoms with van der Waals surface area (Å²) in [4.78, 5) is 4.46. The summed E-state index contributed by atoms with van der Waals surface area (Å²) in [6.07, 6.45) is 2.61. The third-order valence-corrected chi connectivity index (χ3v) is 3.23. The van der Waals surface area contributed by atoms with Crippen molar-refractivity contribution in [3.8, 4) is 0 Å². The van der Waals surface area contributed by atoms with E-state index in [1.54, 1.807) is 6.20 Å². The van der Waals surface area contributed by atoms with Gasteiger partial charge in [0.25, 0.3) is 0 Å². The minimum absolute atomic E-state index is 0.521. The van der Waals surface area contributed by atoms with Crippen molar-refractivity contribution in [2.24, 2.45) is 5.92 Å². The Labute approximate surface area is 126 Å². The van der Waals surface area contributed by atoms with Gasteiger partial charge in [-0.15, -0.1) is 5.10 Å². The van der Waals surface area contributed by atoms with Crippen molar-refractivity contribution in [3.05, 3.63) is 35.5 Å². The quantitative estimate of drug-likeness (QED) is 0.849. The van der Waals surface area contributed by atoms with Crippen molar-refractivity contribution in [1.82, 2.24) is 15.2 Å². The molecule has 2 aromatic rings. The van der Waals surface area contributed by atoms with E-state index in [0.29, 0.717) is 11.9 Å². The Balaban J connectivity index is 2.18. The van der Waals surface area contributed by atoms with Crippen molar-refractivity contribution in [3.63, 3.8) is 0 Å². The van der Waals surface area contributed by atoms with Gasteiger partial charge in [-0.05, 0) is 30.4 Å². The predicted octanol–water partition coefficient (Wildman–Crippen LogP) is 3.55. The maximum atomic E-state index is 4.46. The second-order valence-corrected chi connectivity index (χ2v) is 5.53.